The zero-order valence-corrected chi connectivity index (χ0v) is 13.2. The first-order valence-corrected chi connectivity index (χ1v) is 6.84. The van der Waals surface area contributed by atoms with Gasteiger partial charge in [0.25, 0.3) is 0 Å². The van der Waals surface area contributed by atoms with Gasteiger partial charge in [-0.1, -0.05) is 6.07 Å². The van der Waals surface area contributed by atoms with Crippen LogP contribution in [0.3, 0.4) is 0 Å². The SMILES string of the molecule is CNc1cc(Oc2cc(C)cc(C)c2C)nc(COC)n1. The van der Waals surface area contributed by atoms with Crippen LogP contribution in [0.4, 0.5) is 5.82 Å². The van der Waals surface area contributed by atoms with Crippen LogP contribution in [0, 0.1) is 20.8 Å². The maximum absolute atomic E-state index is 5.95. The summed E-state index contributed by atoms with van der Waals surface area (Å²) in [7, 11) is 3.43. The van der Waals surface area contributed by atoms with Crippen LogP contribution in [0.5, 0.6) is 11.6 Å². The van der Waals surface area contributed by atoms with Crippen LogP contribution in [0.2, 0.25) is 0 Å². The molecule has 112 valence electrons. The molecule has 0 unspecified atom stereocenters. The van der Waals surface area contributed by atoms with E-state index in [0.717, 1.165) is 16.9 Å². The predicted octanol–water partition coefficient (Wildman–Crippen LogP) is 3.38. The molecule has 1 aromatic heterocycles. The standard InChI is InChI=1S/C16H21N3O2/c1-10-6-11(2)12(3)13(7-10)21-16-8-14(17-4)18-15(19-16)9-20-5/h6-8H,9H2,1-5H3,(H,17,18,19). The second kappa shape index (κ2) is 6.54. The van der Waals surface area contributed by atoms with Gasteiger partial charge in [-0.15, -0.1) is 0 Å². The molecule has 0 aliphatic carbocycles. The molecule has 1 aromatic carbocycles. The number of aromatic nitrogens is 2. The molecule has 0 fully saturated rings. The maximum Gasteiger partial charge on any atom is 0.224 e. The van der Waals surface area contributed by atoms with Gasteiger partial charge in [-0.3, -0.25) is 0 Å². The molecule has 2 aromatic rings. The van der Waals surface area contributed by atoms with Gasteiger partial charge in [0.1, 0.15) is 18.2 Å². The molecule has 5 nitrogen and oxygen atoms in total. The van der Waals surface area contributed by atoms with E-state index in [9.17, 15) is 0 Å². The van der Waals surface area contributed by atoms with E-state index in [1.807, 2.05) is 20.0 Å². The Kier molecular flexibility index (Phi) is 4.75. The lowest BCUT2D eigenvalue weighted by Gasteiger charge is -2.13. The highest BCUT2D eigenvalue weighted by Crippen LogP contribution is 2.28. The average Bonchev–Trinajstić information content (AvgIpc) is 2.44. The number of methoxy groups -OCH3 is 1. The van der Waals surface area contributed by atoms with Crippen molar-refractivity contribution in [2.24, 2.45) is 0 Å². The normalized spacial score (nSPS) is 10.5. The monoisotopic (exact) mass is 287 g/mol. The number of hydrogen-bond acceptors (Lipinski definition) is 5. The number of nitrogens with one attached hydrogen (secondary N) is 1. The third-order valence-electron chi connectivity index (χ3n) is 3.26. The van der Waals surface area contributed by atoms with Crippen molar-refractivity contribution < 1.29 is 9.47 Å². The van der Waals surface area contributed by atoms with Crippen molar-refractivity contribution in [1.82, 2.24) is 9.97 Å². The molecule has 0 saturated carbocycles. The number of rotatable bonds is 5. The number of benzene rings is 1. The summed E-state index contributed by atoms with van der Waals surface area (Å²) in [4.78, 5) is 8.68. The second-order valence-electron chi connectivity index (χ2n) is 5.00. The first-order chi connectivity index (χ1) is 10.0. The number of anilines is 1. The van der Waals surface area contributed by atoms with Crippen molar-refractivity contribution in [2.45, 2.75) is 27.4 Å². The highest BCUT2D eigenvalue weighted by molar-refractivity contribution is 5.45. The van der Waals surface area contributed by atoms with E-state index in [4.69, 9.17) is 9.47 Å². The quantitative estimate of drug-likeness (QED) is 0.913. The first-order valence-electron chi connectivity index (χ1n) is 6.84. The minimum absolute atomic E-state index is 0.345. The van der Waals surface area contributed by atoms with E-state index in [0.29, 0.717) is 24.1 Å². The third kappa shape index (κ3) is 3.70. The lowest BCUT2D eigenvalue weighted by molar-refractivity contribution is 0.177. The molecule has 0 aliphatic rings. The highest BCUT2D eigenvalue weighted by Gasteiger charge is 2.09. The van der Waals surface area contributed by atoms with Gasteiger partial charge in [0.15, 0.2) is 5.82 Å². The van der Waals surface area contributed by atoms with Crippen molar-refractivity contribution in [1.29, 1.82) is 0 Å². The van der Waals surface area contributed by atoms with Gasteiger partial charge in [0.05, 0.1) is 0 Å². The lowest BCUT2D eigenvalue weighted by atomic mass is 10.1. The molecule has 0 amide bonds. The molecule has 0 saturated heterocycles. The van der Waals surface area contributed by atoms with E-state index in [1.54, 1.807) is 13.2 Å². The van der Waals surface area contributed by atoms with Gasteiger partial charge in [-0.25, -0.2) is 4.98 Å². The fraction of sp³-hybridized carbons (Fsp3) is 0.375. The van der Waals surface area contributed by atoms with E-state index in [1.165, 1.54) is 5.56 Å². The van der Waals surface area contributed by atoms with Crippen LogP contribution in [0.25, 0.3) is 0 Å². The fourth-order valence-corrected chi connectivity index (χ4v) is 2.07. The molecule has 1 heterocycles. The van der Waals surface area contributed by atoms with Crippen molar-refractivity contribution in [3.8, 4) is 11.6 Å². The van der Waals surface area contributed by atoms with E-state index in [-0.39, 0.29) is 0 Å². The van der Waals surface area contributed by atoms with Crippen LogP contribution < -0.4 is 10.1 Å². The lowest BCUT2D eigenvalue weighted by Crippen LogP contribution is -2.03. The minimum atomic E-state index is 0.345. The summed E-state index contributed by atoms with van der Waals surface area (Å²) in [5.41, 5.74) is 3.47. The van der Waals surface area contributed by atoms with Gasteiger partial charge in [0.2, 0.25) is 5.88 Å². The summed E-state index contributed by atoms with van der Waals surface area (Å²) < 4.78 is 11.0. The first kappa shape index (κ1) is 15.3. The van der Waals surface area contributed by atoms with Crippen LogP contribution in [0.15, 0.2) is 18.2 Å². The summed E-state index contributed by atoms with van der Waals surface area (Å²) in [6.07, 6.45) is 0. The van der Waals surface area contributed by atoms with Crippen molar-refractivity contribution in [3.05, 3.63) is 40.7 Å². The summed E-state index contributed by atoms with van der Waals surface area (Å²) in [5.74, 6) is 2.61. The fourth-order valence-electron chi connectivity index (χ4n) is 2.07. The van der Waals surface area contributed by atoms with E-state index >= 15 is 0 Å². The van der Waals surface area contributed by atoms with Gasteiger partial charge in [0, 0.05) is 20.2 Å². The Hall–Kier alpha value is -2.14. The summed E-state index contributed by atoms with van der Waals surface area (Å²) >= 11 is 0. The molecule has 5 heteroatoms. The third-order valence-corrected chi connectivity index (χ3v) is 3.26. The Morgan fingerprint density at radius 2 is 1.86 bits per heavy atom. The highest BCUT2D eigenvalue weighted by atomic mass is 16.5. The van der Waals surface area contributed by atoms with Gasteiger partial charge in [-0.2, -0.15) is 4.98 Å². The molecule has 0 spiro atoms. The van der Waals surface area contributed by atoms with Crippen LogP contribution in [-0.2, 0) is 11.3 Å². The summed E-state index contributed by atoms with van der Waals surface area (Å²) in [5, 5.41) is 3.00. The van der Waals surface area contributed by atoms with Crippen molar-refractivity contribution >= 4 is 5.82 Å². The van der Waals surface area contributed by atoms with Gasteiger partial charge in [-0.05, 0) is 43.5 Å². The number of nitrogens with zero attached hydrogens (tertiary/aromatic N) is 2. The van der Waals surface area contributed by atoms with Crippen LogP contribution in [-0.4, -0.2) is 24.1 Å². The summed E-state index contributed by atoms with van der Waals surface area (Å²) in [6.45, 7) is 6.51. The van der Waals surface area contributed by atoms with Crippen LogP contribution in [0.1, 0.15) is 22.5 Å². The molecular weight excluding hydrogens is 266 g/mol. The van der Waals surface area contributed by atoms with Crippen molar-refractivity contribution in [3.63, 3.8) is 0 Å². The largest absolute Gasteiger partial charge is 0.439 e. The molecule has 2 rings (SSSR count). The molecular formula is C16H21N3O2. The minimum Gasteiger partial charge on any atom is -0.439 e. The molecule has 21 heavy (non-hydrogen) atoms. The van der Waals surface area contributed by atoms with Crippen molar-refractivity contribution in [2.75, 3.05) is 19.5 Å². The molecule has 1 N–H and O–H groups in total. The molecule has 0 aliphatic heterocycles. The Morgan fingerprint density at radius 1 is 1.10 bits per heavy atom. The topological polar surface area (TPSA) is 56.3 Å². The zero-order valence-electron chi connectivity index (χ0n) is 13.2. The Balaban J connectivity index is 2.37. The second-order valence-corrected chi connectivity index (χ2v) is 5.00. The average molecular weight is 287 g/mol. The zero-order chi connectivity index (χ0) is 15.4. The van der Waals surface area contributed by atoms with Crippen LogP contribution >= 0.6 is 0 Å². The predicted molar refractivity (Wildman–Crippen MR) is 83.0 cm³/mol. The maximum atomic E-state index is 5.95. The molecule has 0 bridgehead atoms. The van der Waals surface area contributed by atoms with Gasteiger partial charge >= 0.3 is 0 Å². The number of aryl methyl sites for hydroxylation is 2. The van der Waals surface area contributed by atoms with Gasteiger partial charge < -0.3 is 14.8 Å². The Morgan fingerprint density at radius 3 is 2.52 bits per heavy atom. The molecule has 0 radical (unpaired) electrons. The molecule has 0 atom stereocenters. The summed E-state index contributed by atoms with van der Waals surface area (Å²) in [6, 6.07) is 5.92. The Labute approximate surface area is 125 Å². The van der Waals surface area contributed by atoms with E-state index < -0.39 is 0 Å². The number of hydrogen-bond donors (Lipinski definition) is 1. The number of ether oxygens (including phenoxy) is 2. The Bertz CT molecular complexity index is 642. The van der Waals surface area contributed by atoms with E-state index in [2.05, 4.69) is 35.2 Å². The smallest absolute Gasteiger partial charge is 0.224 e.